The number of anilines is 1. The van der Waals surface area contributed by atoms with Crippen molar-refractivity contribution in [3.63, 3.8) is 0 Å². The van der Waals surface area contributed by atoms with E-state index in [1.165, 1.54) is 31.2 Å². The fraction of sp³-hybridized carbons (Fsp3) is 0.600. The van der Waals surface area contributed by atoms with Gasteiger partial charge in [-0.25, -0.2) is 9.97 Å². The van der Waals surface area contributed by atoms with Crippen molar-refractivity contribution in [2.24, 2.45) is 5.41 Å². The second kappa shape index (κ2) is 6.89. The average Bonchev–Trinajstić information content (AvgIpc) is 2.60. The zero-order valence-corrected chi connectivity index (χ0v) is 15.2. The number of fused-ring (bicyclic) bond motifs is 1. The van der Waals surface area contributed by atoms with E-state index in [0.29, 0.717) is 17.5 Å². The molecule has 1 aliphatic carbocycles. The zero-order chi connectivity index (χ0) is 17.3. The zero-order valence-electron chi connectivity index (χ0n) is 15.2. The van der Waals surface area contributed by atoms with E-state index in [9.17, 15) is 0 Å². The van der Waals surface area contributed by atoms with E-state index in [0.717, 1.165) is 36.5 Å². The van der Waals surface area contributed by atoms with Gasteiger partial charge in [-0.3, -0.25) is 0 Å². The highest BCUT2D eigenvalue weighted by atomic mass is 16.5. The number of benzene rings is 1. The van der Waals surface area contributed by atoms with E-state index in [-0.39, 0.29) is 0 Å². The molecule has 5 heteroatoms. The minimum absolute atomic E-state index is 0.354. The van der Waals surface area contributed by atoms with E-state index < -0.39 is 0 Å². The average molecular weight is 340 g/mol. The Kier molecular flexibility index (Phi) is 4.61. The minimum atomic E-state index is 0.354. The van der Waals surface area contributed by atoms with Gasteiger partial charge >= 0.3 is 0 Å². The first-order valence-corrected chi connectivity index (χ1v) is 9.40. The molecule has 1 saturated carbocycles. The van der Waals surface area contributed by atoms with E-state index in [1.54, 1.807) is 6.33 Å². The molecule has 25 heavy (non-hydrogen) atoms. The minimum Gasteiger partial charge on any atom is -0.380 e. The lowest BCUT2D eigenvalue weighted by molar-refractivity contribution is -0.100. The topological polar surface area (TPSA) is 59.1 Å². The lowest BCUT2D eigenvalue weighted by atomic mass is 9.86. The highest BCUT2D eigenvalue weighted by Gasteiger charge is 2.34. The number of nitrogens with one attached hydrogen (secondary N) is 2. The van der Waals surface area contributed by atoms with Gasteiger partial charge in [-0.1, -0.05) is 18.6 Å². The number of hydrogen-bond acceptors (Lipinski definition) is 5. The Morgan fingerprint density at radius 3 is 2.60 bits per heavy atom. The molecule has 2 fully saturated rings. The Bertz CT molecular complexity index is 736. The lowest BCUT2D eigenvalue weighted by Gasteiger charge is -2.40. The summed E-state index contributed by atoms with van der Waals surface area (Å²) >= 11 is 0. The molecule has 5 nitrogen and oxygen atoms in total. The van der Waals surface area contributed by atoms with Gasteiger partial charge < -0.3 is 15.4 Å². The van der Waals surface area contributed by atoms with Gasteiger partial charge in [0, 0.05) is 29.4 Å². The third kappa shape index (κ3) is 3.77. The second-order valence-corrected chi connectivity index (χ2v) is 8.12. The van der Waals surface area contributed by atoms with Crippen LogP contribution in [0, 0.1) is 12.3 Å². The molecule has 0 atom stereocenters. The van der Waals surface area contributed by atoms with Crippen LogP contribution in [0.4, 0.5) is 5.82 Å². The first kappa shape index (κ1) is 16.7. The Hall–Kier alpha value is -1.72. The third-order valence-electron chi connectivity index (χ3n) is 5.58. The quantitative estimate of drug-likeness (QED) is 0.875. The van der Waals surface area contributed by atoms with Crippen molar-refractivity contribution in [2.75, 3.05) is 25.1 Å². The highest BCUT2D eigenvalue weighted by molar-refractivity contribution is 5.89. The van der Waals surface area contributed by atoms with Crippen LogP contribution in [-0.4, -0.2) is 41.8 Å². The molecule has 134 valence electrons. The Morgan fingerprint density at radius 2 is 1.88 bits per heavy atom. The van der Waals surface area contributed by atoms with Crippen LogP contribution in [0.25, 0.3) is 10.9 Å². The van der Waals surface area contributed by atoms with Gasteiger partial charge in [0.15, 0.2) is 0 Å². The van der Waals surface area contributed by atoms with E-state index >= 15 is 0 Å². The summed E-state index contributed by atoms with van der Waals surface area (Å²) in [7, 11) is 0. The highest BCUT2D eigenvalue weighted by Crippen LogP contribution is 2.28. The molecule has 0 bridgehead atoms. The molecule has 4 rings (SSSR count). The van der Waals surface area contributed by atoms with Crippen molar-refractivity contribution in [2.45, 2.75) is 51.6 Å². The Morgan fingerprint density at radius 1 is 1.12 bits per heavy atom. The first-order chi connectivity index (χ1) is 12.1. The summed E-state index contributed by atoms with van der Waals surface area (Å²) in [5.41, 5.74) is 2.61. The summed E-state index contributed by atoms with van der Waals surface area (Å²) in [4.78, 5) is 8.87. The van der Waals surface area contributed by atoms with E-state index in [1.807, 2.05) is 0 Å². The molecule has 0 radical (unpaired) electrons. The maximum atomic E-state index is 5.34. The van der Waals surface area contributed by atoms with Crippen molar-refractivity contribution in [3.05, 3.63) is 30.1 Å². The fourth-order valence-electron chi connectivity index (χ4n) is 3.86. The van der Waals surface area contributed by atoms with Crippen LogP contribution in [0.3, 0.4) is 0 Å². The largest absolute Gasteiger partial charge is 0.380 e. The number of aryl methyl sites for hydroxylation is 1. The van der Waals surface area contributed by atoms with Crippen molar-refractivity contribution in [1.29, 1.82) is 0 Å². The van der Waals surface area contributed by atoms with Crippen LogP contribution in [0.5, 0.6) is 0 Å². The van der Waals surface area contributed by atoms with Gasteiger partial charge in [0.25, 0.3) is 0 Å². The fourth-order valence-corrected chi connectivity index (χ4v) is 3.86. The maximum Gasteiger partial charge on any atom is 0.137 e. The monoisotopic (exact) mass is 340 g/mol. The molecule has 2 heterocycles. The molecule has 0 spiro atoms. The molecule has 1 saturated heterocycles. The van der Waals surface area contributed by atoms with E-state index in [2.05, 4.69) is 52.6 Å². The summed E-state index contributed by atoms with van der Waals surface area (Å²) in [6.45, 7) is 7.29. The molecule has 1 aliphatic heterocycles. The summed E-state index contributed by atoms with van der Waals surface area (Å²) in [6.07, 6.45) is 6.46. The smallest absolute Gasteiger partial charge is 0.137 e. The predicted octanol–water partition coefficient (Wildman–Crippen LogP) is 3.29. The van der Waals surface area contributed by atoms with Crippen LogP contribution in [-0.2, 0) is 4.74 Å². The van der Waals surface area contributed by atoms with Crippen molar-refractivity contribution < 1.29 is 4.74 Å². The first-order valence-electron chi connectivity index (χ1n) is 9.40. The lowest BCUT2D eigenvalue weighted by Crippen LogP contribution is -2.50. The summed E-state index contributed by atoms with van der Waals surface area (Å²) < 4.78 is 5.34. The SMILES string of the molecule is Cc1ccc2ncnc(NC3CCC(NCC4(C)COC4)CC3)c2c1. The van der Waals surface area contributed by atoms with Crippen LogP contribution >= 0.6 is 0 Å². The van der Waals surface area contributed by atoms with Crippen molar-refractivity contribution >= 4 is 16.7 Å². The molecule has 0 amide bonds. The standard InChI is InChI=1S/C20H28N4O/c1-14-3-8-18-17(9-14)19(23-13-22-18)24-16-6-4-15(5-7-16)21-10-20(2)11-25-12-20/h3,8-9,13,15-16,21H,4-7,10-12H2,1-2H3,(H,22,23,24). The van der Waals surface area contributed by atoms with Gasteiger partial charge in [0.2, 0.25) is 0 Å². The van der Waals surface area contributed by atoms with Gasteiger partial charge in [-0.05, 0) is 44.7 Å². The Labute approximate surface area is 149 Å². The normalized spacial score (nSPS) is 25.5. The van der Waals surface area contributed by atoms with Crippen molar-refractivity contribution in [1.82, 2.24) is 15.3 Å². The molecular formula is C20H28N4O. The van der Waals surface area contributed by atoms with Crippen LogP contribution < -0.4 is 10.6 Å². The molecule has 1 aromatic carbocycles. The van der Waals surface area contributed by atoms with Crippen molar-refractivity contribution in [3.8, 4) is 0 Å². The molecule has 1 aromatic heterocycles. The van der Waals surface area contributed by atoms with Gasteiger partial charge in [0.1, 0.15) is 12.1 Å². The molecule has 0 unspecified atom stereocenters. The van der Waals surface area contributed by atoms with Gasteiger partial charge in [0.05, 0.1) is 18.7 Å². The van der Waals surface area contributed by atoms with Crippen LogP contribution in [0.2, 0.25) is 0 Å². The summed E-state index contributed by atoms with van der Waals surface area (Å²) in [5, 5.41) is 8.55. The maximum absolute atomic E-state index is 5.34. The molecule has 2 aromatic rings. The molecule has 2 N–H and O–H groups in total. The Balaban J connectivity index is 1.33. The summed E-state index contributed by atoms with van der Waals surface area (Å²) in [6, 6.07) is 7.48. The predicted molar refractivity (Wildman–Crippen MR) is 101 cm³/mol. The van der Waals surface area contributed by atoms with Crippen LogP contribution in [0.1, 0.15) is 38.2 Å². The third-order valence-corrected chi connectivity index (χ3v) is 5.58. The van der Waals surface area contributed by atoms with E-state index in [4.69, 9.17) is 4.74 Å². The second-order valence-electron chi connectivity index (χ2n) is 8.12. The van der Waals surface area contributed by atoms with Crippen LogP contribution in [0.15, 0.2) is 24.5 Å². The summed E-state index contributed by atoms with van der Waals surface area (Å²) in [5.74, 6) is 0.976. The number of ether oxygens (including phenoxy) is 1. The van der Waals surface area contributed by atoms with Gasteiger partial charge in [-0.15, -0.1) is 0 Å². The number of rotatable bonds is 5. The molecular weight excluding hydrogens is 312 g/mol. The molecule has 2 aliphatic rings. The number of aromatic nitrogens is 2. The van der Waals surface area contributed by atoms with Gasteiger partial charge in [-0.2, -0.15) is 0 Å². The number of nitrogens with zero attached hydrogens (tertiary/aromatic N) is 2. The number of hydrogen-bond donors (Lipinski definition) is 2.